The Balaban J connectivity index is 2.86. The van der Waals surface area contributed by atoms with Crippen molar-refractivity contribution in [3.8, 4) is 0 Å². The molecule has 1 rings (SSSR count). The molecule has 0 aliphatic carbocycles. The predicted molar refractivity (Wildman–Crippen MR) is 63.2 cm³/mol. The monoisotopic (exact) mass is 243 g/mol. The zero-order valence-corrected chi connectivity index (χ0v) is 10.3. The molecule has 0 heterocycles. The number of sulfone groups is 1. The first-order chi connectivity index (χ1) is 7.45. The van der Waals surface area contributed by atoms with Gasteiger partial charge in [-0.15, -0.1) is 0 Å². The topological polar surface area (TPSA) is 66.4 Å². The van der Waals surface area contributed by atoms with Gasteiger partial charge in [-0.1, -0.05) is 12.1 Å². The Morgan fingerprint density at radius 3 is 2.69 bits per heavy atom. The molecule has 5 heteroatoms. The highest BCUT2D eigenvalue weighted by molar-refractivity contribution is 7.91. The van der Waals surface area contributed by atoms with Crippen molar-refractivity contribution in [1.29, 1.82) is 0 Å². The van der Waals surface area contributed by atoms with E-state index >= 15 is 0 Å². The molecule has 0 spiro atoms. The number of nitrogens with one attached hydrogen (secondary N) is 1. The van der Waals surface area contributed by atoms with E-state index in [0.717, 1.165) is 5.56 Å². The van der Waals surface area contributed by atoms with E-state index in [1.54, 1.807) is 25.2 Å². The van der Waals surface area contributed by atoms with Crippen LogP contribution in [0.1, 0.15) is 5.56 Å². The molecule has 0 radical (unpaired) electrons. The Hall–Kier alpha value is -0.910. The third-order valence-electron chi connectivity index (χ3n) is 2.20. The Labute approximate surface area is 96.2 Å². The summed E-state index contributed by atoms with van der Waals surface area (Å²) in [7, 11) is -1.73. The normalized spacial score (nSPS) is 13.7. The number of aryl methyl sites for hydroxylation is 1. The molecule has 1 unspecified atom stereocenters. The zero-order valence-electron chi connectivity index (χ0n) is 9.47. The number of hydrogen-bond acceptors (Lipinski definition) is 4. The minimum atomic E-state index is -3.39. The van der Waals surface area contributed by atoms with Gasteiger partial charge in [0.25, 0.3) is 0 Å². The Morgan fingerprint density at radius 2 is 2.12 bits per heavy atom. The highest BCUT2D eigenvalue weighted by atomic mass is 32.2. The maximum atomic E-state index is 11.9. The molecule has 1 atom stereocenters. The van der Waals surface area contributed by atoms with E-state index in [1.165, 1.54) is 0 Å². The predicted octanol–water partition coefficient (Wildman–Crippen LogP) is 0.349. The molecule has 0 bridgehead atoms. The molecular formula is C11H17NO3S. The van der Waals surface area contributed by atoms with E-state index in [-0.39, 0.29) is 17.2 Å². The van der Waals surface area contributed by atoms with Crippen molar-refractivity contribution in [2.75, 3.05) is 19.3 Å². The fraction of sp³-hybridized carbons (Fsp3) is 0.455. The number of hydrogen-bond donors (Lipinski definition) is 2. The minimum absolute atomic E-state index is 0.253. The maximum absolute atomic E-state index is 11.9. The summed E-state index contributed by atoms with van der Waals surface area (Å²) in [4.78, 5) is 0.266. The molecule has 0 aliphatic rings. The molecule has 0 aromatic heterocycles. The molecule has 0 aliphatic heterocycles. The van der Waals surface area contributed by atoms with Gasteiger partial charge in [-0.05, 0) is 31.7 Å². The maximum Gasteiger partial charge on any atom is 0.180 e. The number of benzene rings is 1. The fourth-order valence-corrected chi connectivity index (χ4v) is 2.92. The average Bonchev–Trinajstić information content (AvgIpc) is 2.17. The summed E-state index contributed by atoms with van der Waals surface area (Å²) in [6, 6.07) is 6.70. The highest BCUT2D eigenvalue weighted by Gasteiger charge is 2.19. The molecule has 16 heavy (non-hydrogen) atoms. The standard InChI is InChI=1S/C11H17NO3S/c1-9-4-3-5-11(6-9)16(14,15)8-10(13)7-12-2/h3-6,10,12-13H,7-8H2,1-2H3. The van der Waals surface area contributed by atoms with Crippen LogP contribution in [0.5, 0.6) is 0 Å². The van der Waals surface area contributed by atoms with Crippen LogP contribution in [0.3, 0.4) is 0 Å². The van der Waals surface area contributed by atoms with Gasteiger partial charge in [-0.2, -0.15) is 0 Å². The lowest BCUT2D eigenvalue weighted by Gasteiger charge is -2.10. The van der Waals surface area contributed by atoms with Gasteiger partial charge in [0.05, 0.1) is 16.8 Å². The van der Waals surface area contributed by atoms with Crippen molar-refractivity contribution < 1.29 is 13.5 Å². The van der Waals surface area contributed by atoms with Crippen molar-refractivity contribution in [2.45, 2.75) is 17.9 Å². The van der Waals surface area contributed by atoms with Crippen LogP contribution in [0.4, 0.5) is 0 Å². The van der Waals surface area contributed by atoms with E-state index < -0.39 is 15.9 Å². The van der Waals surface area contributed by atoms with Gasteiger partial charge in [-0.25, -0.2) is 8.42 Å². The third kappa shape index (κ3) is 3.59. The van der Waals surface area contributed by atoms with Crippen molar-refractivity contribution in [1.82, 2.24) is 5.32 Å². The van der Waals surface area contributed by atoms with Gasteiger partial charge in [0.2, 0.25) is 0 Å². The van der Waals surface area contributed by atoms with Crippen LogP contribution >= 0.6 is 0 Å². The lowest BCUT2D eigenvalue weighted by atomic mass is 10.2. The molecule has 0 amide bonds. The number of aliphatic hydroxyl groups excluding tert-OH is 1. The lowest BCUT2D eigenvalue weighted by Crippen LogP contribution is -2.30. The van der Waals surface area contributed by atoms with E-state index in [2.05, 4.69) is 5.32 Å². The summed E-state index contributed by atoms with van der Waals surface area (Å²) < 4.78 is 23.8. The summed E-state index contributed by atoms with van der Waals surface area (Å²) in [6.07, 6.45) is -0.879. The molecule has 1 aromatic rings. The second-order valence-corrected chi connectivity index (χ2v) is 5.84. The molecular weight excluding hydrogens is 226 g/mol. The third-order valence-corrected chi connectivity index (χ3v) is 4.00. The second kappa shape index (κ2) is 5.43. The SMILES string of the molecule is CNCC(O)CS(=O)(=O)c1cccc(C)c1. The van der Waals surface area contributed by atoms with Crippen LogP contribution in [0.15, 0.2) is 29.2 Å². The Morgan fingerprint density at radius 1 is 1.44 bits per heavy atom. The van der Waals surface area contributed by atoms with Crippen LogP contribution in [-0.2, 0) is 9.84 Å². The van der Waals surface area contributed by atoms with E-state index in [1.807, 2.05) is 13.0 Å². The van der Waals surface area contributed by atoms with Crippen LogP contribution in [0.2, 0.25) is 0 Å². The van der Waals surface area contributed by atoms with Crippen molar-refractivity contribution >= 4 is 9.84 Å². The number of rotatable bonds is 5. The zero-order chi connectivity index (χ0) is 12.2. The summed E-state index contributed by atoms with van der Waals surface area (Å²) >= 11 is 0. The lowest BCUT2D eigenvalue weighted by molar-refractivity contribution is 0.197. The molecule has 2 N–H and O–H groups in total. The first kappa shape index (κ1) is 13.2. The molecule has 1 aromatic carbocycles. The smallest absolute Gasteiger partial charge is 0.180 e. The van der Waals surface area contributed by atoms with E-state index in [0.29, 0.717) is 0 Å². The van der Waals surface area contributed by atoms with Crippen LogP contribution in [-0.4, -0.2) is 39.0 Å². The van der Waals surface area contributed by atoms with Gasteiger partial charge >= 0.3 is 0 Å². The van der Waals surface area contributed by atoms with E-state index in [4.69, 9.17) is 0 Å². The van der Waals surface area contributed by atoms with Crippen molar-refractivity contribution in [3.05, 3.63) is 29.8 Å². The van der Waals surface area contributed by atoms with Crippen LogP contribution < -0.4 is 5.32 Å². The summed E-state index contributed by atoms with van der Waals surface area (Å²) in [5.41, 5.74) is 0.893. The summed E-state index contributed by atoms with van der Waals surface area (Å²) in [5.74, 6) is -0.253. The average molecular weight is 243 g/mol. The van der Waals surface area contributed by atoms with Gasteiger partial charge < -0.3 is 10.4 Å². The molecule has 0 saturated heterocycles. The highest BCUT2D eigenvalue weighted by Crippen LogP contribution is 2.13. The van der Waals surface area contributed by atoms with Crippen molar-refractivity contribution in [3.63, 3.8) is 0 Å². The number of likely N-dealkylation sites (N-methyl/N-ethyl adjacent to an activating group) is 1. The molecule has 4 nitrogen and oxygen atoms in total. The Bertz CT molecular complexity index is 442. The van der Waals surface area contributed by atoms with Crippen LogP contribution in [0, 0.1) is 6.92 Å². The fourth-order valence-electron chi connectivity index (χ4n) is 1.45. The summed E-state index contributed by atoms with van der Waals surface area (Å²) in [5, 5.41) is 12.2. The Kier molecular flexibility index (Phi) is 4.46. The quantitative estimate of drug-likeness (QED) is 0.783. The minimum Gasteiger partial charge on any atom is -0.391 e. The second-order valence-electron chi connectivity index (χ2n) is 3.81. The molecule has 0 saturated carbocycles. The largest absolute Gasteiger partial charge is 0.391 e. The van der Waals surface area contributed by atoms with Gasteiger partial charge in [0.15, 0.2) is 9.84 Å². The van der Waals surface area contributed by atoms with Gasteiger partial charge in [0, 0.05) is 6.54 Å². The molecule has 0 fully saturated rings. The van der Waals surface area contributed by atoms with E-state index in [9.17, 15) is 13.5 Å². The van der Waals surface area contributed by atoms with Crippen LogP contribution in [0.25, 0.3) is 0 Å². The first-order valence-corrected chi connectivity index (χ1v) is 6.73. The first-order valence-electron chi connectivity index (χ1n) is 5.08. The molecule has 90 valence electrons. The van der Waals surface area contributed by atoms with Gasteiger partial charge in [0.1, 0.15) is 0 Å². The van der Waals surface area contributed by atoms with Gasteiger partial charge in [-0.3, -0.25) is 0 Å². The van der Waals surface area contributed by atoms with Crippen molar-refractivity contribution in [2.24, 2.45) is 0 Å². The summed E-state index contributed by atoms with van der Waals surface area (Å²) in [6.45, 7) is 2.11. The number of aliphatic hydroxyl groups is 1.